The SMILES string of the molecule is O=C(CCNC(=O)c1ccsc1)NC1CCCC(C(F)(F)F)C1. The fourth-order valence-electron chi connectivity index (χ4n) is 2.70. The molecule has 0 aromatic carbocycles. The van der Waals surface area contributed by atoms with Crippen molar-refractivity contribution in [3.8, 4) is 0 Å². The van der Waals surface area contributed by atoms with E-state index >= 15 is 0 Å². The van der Waals surface area contributed by atoms with Crippen molar-refractivity contribution in [3.63, 3.8) is 0 Å². The molecule has 0 aliphatic heterocycles. The Morgan fingerprint density at radius 1 is 1.30 bits per heavy atom. The smallest absolute Gasteiger partial charge is 0.353 e. The molecule has 2 rings (SSSR count). The maximum Gasteiger partial charge on any atom is 0.391 e. The Bertz CT molecular complexity index is 531. The first-order valence-corrected chi connectivity index (χ1v) is 8.47. The number of alkyl halides is 3. The highest BCUT2D eigenvalue weighted by Gasteiger charge is 2.42. The third-order valence-corrected chi connectivity index (χ3v) is 4.61. The van der Waals surface area contributed by atoms with Crippen LogP contribution in [0.25, 0.3) is 0 Å². The van der Waals surface area contributed by atoms with Crippen molar-refractivity contribution >= 4 is 23.2 Å². The summed E-state index contributed by atoms with van der Waals surface area (Å²) in [5.41, 5.74) is 0.538. The van der Waals surface area contributed by atoms with Gasteiger partial charge in [0, 0.05) is 30.0 Å². The Hall–Kier alpha value is -1.57. The van der Waals surface area contributed by atoms with Gasteiger partial charge in [-0.2, -0.15) is 24.5 Å². The van der Waals surface area contributed by atoms with Crippen LogP contribution < -0.4 is 10.6 Å². The Morgan fingerprint density at radius 3 is 2.74 bits per heavy atom. The molecule has 0 radical (unpaired) electrons. The van der Waals surface area contributed by atoms with Gasteiger partial charge in [0.25, 0.3) is 5.91 Å². The molecular formula is C15H19F3N2O2S. The van der Waals surface area contributed by atoms with E-state index in [-0.39, 0.29) is 37.6 Å². The molecule has 0 spiro atoms. The lowest BCUT2D eigenvalue weighted by molar-refractivity contribution is -0.184. The molecule has 128 valence electrons. The average molecular weight is 348 g/mol. The van der Waals surface area contributed by atoms with Crippen LogP contribution in [0.1, 0.15) is 42.5 Å². The molecule has 1 fully saturated rings. The molecule has 2 N–H and O–H groups in total. The quantitative estimate of drug-likeness (QED) is 0.859. The summed E-state index contributed by atoms with van der Waals surface area (Å²) in [7, 11) is 0. The lowest BCUT2D eigenvalue weighted by Gasteiger charge is -2.31. The van der Waals surface area contributed by atoms with Gasteiger partial charge in [0.05, 0.1) is 5.92 Å². The van der Waals surface area contributed by atoms with E-state index in [1.54, 1.807) is 16.8 Å². The predicted octanol–water partition coefficient (Wildman–Crippen LogP) is 3.11. The molecule has 1 heterocycles. The molecule has 2 amide bonds. The lowest BCUT2D eigenvalue weighted by Crippen LogP contribution is -2.42. The summed E-state index contributed by atoms with van der Waals surface area (Å²) in [6.07, 6.45) is -3.03. The van der Waals surface area contributed by atoms with E-state index in [1.165, 1.54) is 11.3 Å². The zero-order chi connectivity index (χ0) is 16.9. The molecule has 0 bridgehead atoms. The average Bonchev–Trinajstić information content (AvgIpc) is 3.00. The maximum absolute atomic E-state index is 12.7. The first-order chi connectivity index (χ1) is 10.9. The van der Waals surface area contributed by atoms with Crippen molar-refractivity contribution in [3.05, 3.63) is 22.4 Å². The van der Waals surface area contributed by atoms with Gasteiger partial charge in [-0.05, 0) is 30.7 Å². The van der Waals surface area contributed by atoms with Crippen molar-refractivity contribution in [2.75, 3.05) is 6.54 Å². The number of thiophene rings is 1. The van der Waals surface area contributed by atoms with E-state index in [4.69, 9.17) is 0 Å². The summed E-state index contributed by atoms with van der Waals surface area (Å²) >= 11 is 1.40. The van der Waals surface area contributed by atoms with Crippen molar-refractivity contribution in [1.29, 1.82) is 0 Å². The van der Waals surface area contributed by atoms with Gasteiger partial charge in [-0.1, -0.05) is 6.42 Å². The summed E-state index contributed by atoms with van der Waals surface area (Å²) in [6.45, 7) is 0.163. The zero-order valence-corrected chi connectivity index (χ0v) is 13.3. The first-order valence-electron chi connectivity index (χ1n) is 7.52. The summed E-state index contributed by atoms with van der Waals surface area (Å²) in [5, 5.41) is 8.74. The largest absolute Gasteiger partial charge is 0.391 e. The van der Waals surface area contributed by atoms with Crippen LogP contribution in [0.5, 0.6) is 0 Å². The van der Waals surface area contributed by atoms with Gasteiger partial charge in [-0.25, -0.2) is 0 Å². The van der Waals surface area contributed by atoms with E-state index in [9.17, 15) is 22.8 Å². The molecule has 1 saturated carbocycles. The molecule has 8 heteroatoms. The second kappa shape index (κ2) is 7.81. The van der Waals surface area contributed by atoms with Crippen molar-refractivity contribution in [2.45, 2.75) is 44.3 Å². The lowest BCUT2D eigenvalue weighted by atomic mass is 9.85. The Labute approximate surface area is 136 Å². The molecule has 23 heavy (non-hydrogen) atoms. The summed E-state index contributed by atoms with van der Waals surface area (Å²) in [4.78, 5) is 23.5. The number of carbonyl (C=O) groups is 2. The minimum absolute atomic E-state index is 0.0586. The van der Waals surface area contributed by atoms with Gasteiger partial charge in [0.1, 0.15) is 0 Å². The number of rotatable bonds is 5. The zero-order valence-electron chi connectivity index (χ0n) is 12.5. The second-order valence-corrected chi connectivity index (χ2v) is 6.47. The molecule has 2 unspecified atom stereocenters. The Morgan fingerprint density at radius 2 is 2.09 bits per heavy atom. The predicted molar refractivity (Wildman–Crippen MR) is 81.2 cm³/mol. The van der Waals surface area contributed by atoms with E-state index in [1.807, 2.05) is 0 Å². The molecule has 1 aromatic rings. The highest BCUT2D eigenvalue weighted by molar-refractivity contribution is 7.08. The van der Waals surface area contributed by atoms with Crippen molar-refractivity contribution < 1.29 is 22.8 Å². The number of hydrogen-bond acceptors (Lipinski definition) is 3. The van der Waals surface area contributed by atoms with Crippen LogP contribution >= 0.6 is 11.3 Å². The van der Waals surface area contributed by atoms with E-state index in [0.29, 0.717) is 18.4 Å². The number of nitrogens with one attached hydrogen (secondary N) is 2. The molecule has 1 aliphatic carbocycles. The van der Waals surface area contributed by atoms with E-state index in [0.717, 1.165) is 0 Å². The van der Waals surface area contributed by atoms with Crippen molar-refractivity contribution in [2.24, 2.45) is 5.92 Å². The van der Waals surface area contributed by atoms with Gasteiger partial charge in [0.2, 0.25) is 5.91 Å². The molecule has 2 atom stereocenters. The molecule has 4 nitrogen and oxygen atoms in total. The van der Waals surface area contributed by atoms with Crippen LogP contribution in [-0.4, -0.2) is 30.6 Å². The highest BCUT2D eigenvalue weighted by Crippen LogP contribution is 2.37. The van der Waals surface area contributed by atoms with Crippen LogP contribution in [0.4, 0.5) is 13.2 Å². The number of amides is 2. The topological polar surface area (TPSA) is 58.2 Å². The summed E-state index contributed by atoms with van der Waals surface area (Å²) in [6, 6.07) is 1.25. The number of carbonyl (C=O) groups excluding carboxylic acids is 2. The maximum atomic E-state index is 12.7. The van der Waals surface area contributed by atoms with Gasteiger partial charge < -0.3 is 10.6 Å². The Kier molecular flexibility index (Phi) is 6.04. The number of hydrogen-bond donors (Lipinski definition) is 2. The molecule has 0 saturated heterocycles. The normalized spacial score (nSPS) is 21.7. The van der Waals surface area contributed by atoms with E-state index in [2.05, 4.69) is 10.6 Å². The van der Waals surface area contributed by atoms with Crippen LogP contribution in [0.3, 0.4) is 0 Å². The first kappa shape index (κ1) is 17.8. The van der Waals surface area contributed by atoms with Crippen LogP contribution in [0.2, 0.25) is 0 Å². The number of halogens is 3. The summed E-state index contributed by atoms with van der Waals surface area (Å²) < 4.78 is 38.2. The summed E-state index contributed by atoms with van der Waals surface area (Å²) in [5.74, 6) is -1.92. The van der Waals surface area contributed by atoms with Gasteiger partial charge in [0.15, 0.2) is 0 Å². The highest BCUT2D eigenvalue weighted by atomic mass is 32.1. The Balaban J connectivity index is 1.69. The van der Waals surface area contributed by atoms with Gasteiger partial charge in [-0.15, -0.1) is 0 Å². The van der Waals surface area contributed by atoms with Crippen LogP contribution in [0, 0.1) is 5.92 Å². The van der Waals surface area contributed by atoms with Gasteiger partial charge >= 0.3 is 6.18 Å². The molecule has 1 aromatic heterocycles. The minimum Gasteiger partial charge on any atom is -0.353 e. The third kappa shape index (κ3) is 5.53. The van der Waals surface area contributed by atoms with Crippen LogP contribution in [-0.2, 0) is 4.79 Å². The third-order valence-electron chi connectivity index (χ3n) is 3.92. The minimum atomic E-state index is -4.20. The second-order valence-electron chi connectivity index (χ2n) is 5.69. The van der Waals surface area contributed by atoms with Crippen molar-refractivity contribution in [1.82, 2.24) is 10.6 Å². The van der Waals surface area contributed by atoms with Gasteiger partial charge in [-0.3, -0.25) is 9.59 Å². The molecular weight excluding hydrogens is 329 g/mol. The standard InChI is InChI=1S/C15H19F3N2O2S/c16-15(17,18)11-2-1-3-12(8-11)20-13(21)4-6-19-14(22)10-5-7-23-9-10/h5,7,9,11-12H,1-4,6,8H2,(H,19,22)(H,20,21). The van der Waals surface area contributed by atoms with E-state index < -0.39 is 18.1 Å². The monoisotopic (exact) mass is 348 g/mol. The fourth-order valence-corrected chi connectivity index (χ4v) is 3.34. The molecule has 1 aliphatic rings. The van der Waals surface area contributed by atoms with Crippen LogP contribution in [0.15, 0.2) is 16.8 Å². The fraction of sp³-hybridized carbons (Fsp3) is 0.600.